The lowest BCUT2D eigenvalue weighted by Crippen LogP contribution is -2.16. The van der Waals surface area contributed by atoms with Crippen LogP contribution in [0.25, 0.3) is 0 Å². The van der Waals surface area contributed by atoms with E-state index in [0.717, 1.165) is 12.1 Å². The lowest BCUT2D eigenvalue weighted by Gasteiger charge is -2.07. The second-order valence-electron chi connectivity index (χ2n) is 4.00. The summed E-state index contributed by atoms with van der Waals surface area (Å²) < 4.78 is 60.9. The van der Waals surface area contributed by atoms with E-state index in [2.05, 4.69) is 5.32 Å². The molecule has 1 aromatic carbocycles. The highest BCUT2D eigenvalue weighted by atomic mass is 19.4. The molecule has 0 saturated carbocycles. The highest BCUT2D eigenvalue weighted by Gasteiger charge is 2.25. The number of nitrogens with one attached hydrogen (secondary N) is 1. The lowest BCUT2D eigenvalue weighted by molar-refractivity contribution is -0.135. The molecule has 0 bridgehead atoms. The topological polar surface area (TPSA) is 12.0 Å². The third-order valence-corrected chi connectivity index (χ3v) is 2.38. The summed E-state index contributed by atoms with van der Waals surface area (Å²) in [7, 11) is 0. The minimum Gasteiger partial charge on any atom is -0.313 e. The van der Waals surface area contributed by atoms with Crippen LogP contribution in [0.3, 0.4) is 0 Å². The summed E-state index contributed by atoms with van der Waals surface area (Å²) >= 11 is 0. The first-order valence-electron chi connectivity index (χ1n) is 5.60. The van der Waals surface area contributed by atoms with Crippen LogP contribution in [0.15, 0.2) is 18.2 Å². The smallest absolute Gasteiger partial charge is 0.313 e. The van der Waals surface area contributed by atoms with Crippen molar-refractivity contribution < 1.29 is 22.0 Å². The molecule has 0 aromatic heterocycles. The van der Waals surface area contributed by atoms with Crippen molar-refractivity contribution >= 4 is 0 Å². The molecule has 1 N–H and O–H groups in total. The number of rotatable bonds is 6. The van der Waals surface area contributed by atoms with Gasteiger partial charge in [-0.05, 0) is 37.1 Å². The molecule has 0 radical (unpaired) electrons. The first-order chi connectivity index (χ1) is 8.38. The van der Waals surface area contributed by atoms with Crippen molar-refractivity contribution in [2.75, 3.05) is 6.54 Å². The van der Waals surface area contributed by atoms with Crippen molar-refractivity contribution in [3.05, 3.63) is 35.4 Å². The molecule has 6 heteroatoms. The number of unbranched alkanes of at least 4 members (excludes halogenated alkanes) is 1. The van der Waals surface area contributed by atoms with Gasteiger partial charge in [0.2, 0.25) is 0 Å². The second kappa shape index (κ2) is 6.68. The van der Waals surface area contributed by atoms with Gasteiger partial charge in [-0.2, -0.15) is 13.2 Å². The molecule has 0 unspecified atom stereocenters. The van der Waals surface area contributed by atoms with Crippen molar-refractivity contribution in [3.63, 3.8) is 0 Å². The van der Waals surface area contributed by atoms with Crippen molar-refractivity contribution in [2.24, 2.45) is 0 Å². The monoisotopic (exact) mass is 267 g/mol. The van der Waals surface area contributed by atoms with E-state index in [1.807, 2.05) is 0 Å². The summed E-state index contributed by atoms with van der Waals surface area (Å²) in [6.07, 6.45) is -4.45. The molecule has 0 heterocycles. The first kappa shape index (κ1) is 14.9. The van der Waals surface area contributed by atoms with Crippen LogP contribution >= 0.6 is 0 Å². The molecule has 0 aliphatic rings. The Balaban J connectivity index is 2.16. The zero-order chi connectivity index (χ0) is 13.6. The zero-order valence-electron chi connectivity index (χ0n) is 9.66. The lowest BCUT2D eigenvalue weighted by atomic mass is 10.2. The van der Waals surface area contributed by atoms with Gasteiger partial charge in [-0.15, -0.1) is 0 Å². The van der Waals surface area contributed by atoms with Crippen molar-refractivity contribution in [3.8, 4) is 0 Å². The minimum absolute atomic E-state index is 0.0638. The van der Waals surface area contributed by atoms with Crippen LogP contribution in [-0.2, 0) is 6.54 Å². The Morgan fingerprint density at radius 3 is 2.33 bits per heavy atom. The maximum absolute atomic E-state index is 12.8. The Hall–Kier alpha value is -1.17. The van der Waals surface area contributed by atoms with Crippen LogP contribution in [0, 0.1) is 11.6 Å². The van der Waals surface area contributed by atoms with E-state index >= 15 is 0 Å². The molecule has 0 amide bonds. The van der Waals surface area contributed by atoms with Gasteiger partial charge in [-0.1, -0.05) is 6.07 Å². The van der Waals surface area contributed by atoms with Gasteiger partial charge in [0, 0.05) is 13.0 Å². The van der Waals surface area contributed by atoms with Crippen LogP contribution in [-0.4, -0.2) is 12.7 Å². The zero-order valence-corrected chi connectivity index (χ0v) is 9.66. The fourth-order valence-corrected chi connectivity index (χ4v) is 1.46. The third-order valence-electron chi connectivity index (χ3n) is 2.38. The molecule has 0 saturated heterocycles. The summed E-state index contributed by atoms with van der Waals surface area (Å²) in [5, 5.41) is 2.88. The summed E-state index contributed by atoms with van der Waals surface area (Å²) in [6.45, 7) is 0.721. The van der Waals surface area contributed by atoms with Crippen molar-refractivity contribution in [1.82, 2.24) is 5.32 Å². The van der Waals surface area contributed by atoms with Gasteiger partial charge in [0.05, 0.1) is 0 Å². The number of benzene rings is 1. The van der Waals surface area contributed by atoms with Crippen molar-refractivity contribution in [2.45, 2.75) is 32.0 Å². The summed E-state index contributed by atoms with van der Waals surface area (Å²) in [5.74, 6) is -1.84. The average Bonchev–Trinajstić information content (AvgIpc) is 2.26. The molecule has 102 valence electrons. The predicted octanol–water partition coefficient (Wildman–Crippen LogP) is 3.79. The maximum atomic E-state index is 12.8. The summed E-state index contributed by atoms with van der Waals surface area (Å²) in [6, 6.07) is 3.52. The summed E-state index contributed by atoms with van der Waals surface area (Å²) in [5.41, 5.74) is 0.560. The van der Waals surface area contributed by atoms with Crippen LogP contribution in [0.5, 0.6) is 0 Å². The van der Waals surface area contributed by atoms with Gasteiger partial charge >= 0.3 is 6.18 Å². The maximum Gasteiger partial charge on any atom is 0.389 e. The number of hydrogen-bond acceptors (Lipinski definition) is 1. The minimum atomic E-state index is -4.11. The van der Waals surface area contributed by atoms with E-state index in [9.17, 15) is 22.0 Å². The molecule has 1 nitrogen and oxygen atoms in total. The van der Waals surface area contributed by atoms with Gasteiger partial charge < -0.3 is 5.32 Å². The Bertz CT molecular complexity index is 375. The van der Waals surface area contributed by atoms with Gasteiger partial charge in [-0.3, -0.25) is 0 Å². The standard InChI is InChI=1S/C12H14F5N/c13-10-4-3-9(7-11(10)14)8-18-6-2-1-5-12(15,16)17/h3-4,7,18H,1-2,5-6,8H2. The van der Waals surface area contributed by atoms with E-state index < -0.39 is 24.2 Å². The van der Waals surface area contributed by atoms with Gasteiger partial charge in [-0.25, -0.2) is 8.78 Å². The average molecular weight is 267 g/mol. The van der Waals surface area contributed by atoms with Crippen LogP contribution in [0.4, 0.5) is 22.0 Å². The fraction of sp³-hybridized carbons (Fsp3) is 0.500. The SMILES string of the molecule is Fc1ccc(CNCCCCC(F)(F)F)cc1F. The molecular formula is C12H14F5N. The largest absolute Gasteiger partial charge is 0.389 e. The highest BCUT2D eigenvalue weighted by Crippen LogP contribution is 2.21. The predicted molar refractivity (Wildman–Crippen MR) is 58.0 cm³/mol. The number of alkyl halides is 3. The van der Waals surface area contributed by atoms with E-state index in [1.54, 1.807) is 0 Å². The molecule has 0 spiro atoms. The van der Waals surface area contributed by atoms with Crippen LogP contribution in [0.1, 0.15) is 24.8 Å². The summed E-state index contributed by atoms with van der Waals surface area (Å²) in [4.78, 5) is 0. The quantitative estimate of drug-likeness (QED) is 0.611. The first-order valence-corrected chi connectivity index (χ1v) is 5.60. The normalized spacial score (nSPS) is 11.8. The Morgan fingerprint density at radius 2 is 1.72 bits per heavy atom. The molecular weight excluding hydrogens is 253 g/mol. The van der Waals surface area contributed by atoms with Crippen molar-refractivity contribution in [1.29, 1.82) is 0 Å². The second-order valence-corrected chi connectivity index (χ2v) is 4.00. The molecule has 0 atom stereocenters. The number of halogens is 5. The van der Waals surface area contributed by atoms with E-state index in [1.165, 1.54) is 6.07 Å². The van der Waals surface area contributed by atoms with Crippen LogP contribution < -0.4 is 5.32 Å². The molecule has 0 fully saturated rings. The number of hydrogen-bond donors (Lipinski definition) is 1. The van der Waals surface area contributed by atoms with Gasteiger partial charge in [0.25, 0.3) is 0 Å². The molecule has 0 aliphatic carbocycles. The Morgan fingerprint density at radius 1 is 1.00 bits per heavy atom. The van der Waals surface area contributed by atoms with E-state index in [-0.39, 0.29) is 6.42 Å². The molecule has 18 heavy (non-hydrogen) atoms. The highest BCUT2D eigenvalue weighted by molar-refractivity contribution is 5.17. The third kappa shape index (κ3) is 5.95. The van der Waals surface area contributed by atoms with Crippen LogP contribution in [0.2, 0.25) is 0 Å². The van der Waals surface area contributed by atoms with E-state index in [0.29, 0.717) is 25.1 Å². The fourth-order valence-electron chi connectivity index (χ4n) is 1.46. The molecule has 1 rings (SSSR count). The Kier molecular flexibility index (Phi) is 5.53. The van der Waals surface area contributed by atoms with Gasteiger partial charge in [0.15, 0.2) is 11.6 Å². The molecule has 0 aliphatic heterocycles. The van der Waals surface area contributed by atoms with E-state index in [4.69, 9.17) is 0 Å². The Labute approximate surface area is 102 Å². The molecule has 1 aromatic rings. The van der Waals surface area contributed by atoms with Gasteiger partial charge in [0.1, 0.15) is 0 Å².